The number of carbonyl (C=O) groups excluding carboxylic acids is 2. The predicted molar refractivity (Wildman–Crippen MR) is 86.3 cm³/mol. The zero-order valence-corrected chi connectivity index (χ0v) is 14.8. The Bertz CT molecular complexity index is 448. The van der Waals surface area contributed by atoms with Crippen molar-refractivity contribution in [2.24, 2.45) is 0 Å². The van der Waals surface area contributed by atoms with Gasteiger partial charge in [-0.25, -0.2) is 9.59 Å². The Morgan fingerprint density at radius 3 is 2.04 bits per heavy atom. The van der Waals surface area contributed by atoms with Gasteiger partial charge in [0.2, 0.25) is 0 Å². The van der Waals surface area contributed by atoms with E-state index in [1.165, 1.54) is 0 Å². The van der Waals surface area contributed by atoms with Crippen molar-refractivity contribution >= 4 is 12.2 Å². The molecule has 1 heterocycles. The molecule has 0 aromatic carbocycles. The first kappa shape index (κ1) is 19.3. The number of hydrogen-bond donors (Lipinski definition) is 2. The molecule has 1 aliphatic rings. The van der Waals surface area contributed by atoms with E-state index in [9.17, 15) is 9.59 Å². The molecule has 132 valence electrons. The van der Waals surface area contributed by atoms with E-state index in [-0.39, 0.29) is 6.61 Å². The van der Waals surface area contributed by atoms with E-state index in [1.807, 2.05) is 0 Å². The summed E-state index contributed by atoms with van der Waals surface area (Å²) in [5.74, 6) is 0. The average molecular weight is 328 g/mol. The summed E-state index contributed by atoms with van der Waals surface area (Å²) in [5, 5.41) is 5.46. The fraction of sp³-hybridized carbons (Fsp3) is 0.750. The molecule has 0 saturated heterocycles. The second-order valence-corrected chi connectivity index (χ2v) is 7.39. The average Bonchev–Trinajstić information content (AvgIpc) is 2.50. The van der Waals surface area contributed by atoms with Gasteiger partial charge in [-0.15, -0.1) is 0 Å². The first-order chi connectivity index (χ1) is 10.5. The van der Waals surface area contributed by atoms with Crippen LogP contribution >= 0.6 is 0 Å². The summed E-state index contributed by atoms with van der Waals surface area (Å²) in [6.45, 7) is 11.4. The summed E-state index contributed by atoms with van der Waals surface area (Å²) in [7, 11) is 0. The highest BCUT2D eigenvalue weighted by atomic mass is 16.6. The number of hydrogen-bond acceptors (Lipinski definition) is 5. The molecular formula is C16H28N2O5. The Labute approximate surface area is 137 Å². The standard InChI is InChI=1S/C16H28N2O5/c1-15(2,3)22-13(19)17-11-8-7-9-21-10-12(11)18-14(20)23-16(4,5)6/h7-8,11-12H,9-10H2,1-6H3,(H,17,19)(H,18,20)/t11-,12+/m1/s1. The summed E-state index contributed by atoms with van der Waals surface area (Å²) in [5.41, 5.74) is -1.19. The van der Waals surface area contributed by atoms with E-state index in [0.29, 0.717) is 6.61 Å². The maximum absolute atomic E-state index is 11.9. The van der Waals surface area contributed by atoms with Gasteiger partial charge in [0, 0.05) is 0 Å². The molecule has 0 fully saturated rings. The van der Waals surface area contributed by atoms with E-state index in [4.69, 9.17) is 14.2 Å². The number of rotatable bonds is 2. The predicted octanol–water partition coefficient (Wildman–Crippen LogP) is 2.36. The Balaban J connectivity index is 2.68. The zero-order valence-electron chi connectivity index (χ0n) is 14.8. The molecule has 7 nitrogen and oxygen atoms in total. The number of ether oxygens (including phenoxy) is 3. The topological polar surface area (TPSA) is 85.9 Å². The SMILES string of the molecule is CC(C)(C)OC(=O)N[C@H]1COCC=C[C@H]1NC(=O)OC(C)(C)C. The van der Waals surface area contributed by atoms with E-state index < -0.39 is 35.5 Å². The van der Waals surface area contributed by atoms with Crippen molar-refractivity contribution in [3.63, 3.8) is 0 Å². The van der Waals surface area contributed by atoms with Crippen molar-refractivity contribution in [2.45, 2.75) is 64.8 Å². The highest BCUT2D eigenvalue weighted by Gasteiger charge is 2.28. The van der Waals surface area contributed by atoms with Gasteiger partial charge in [0.1, 0.15) is 11.2 Å². The highest BCUT2D eigenvalue weighted by molar-refractivity contribution is 5.70. The molecule has 0 bridgehead atoms. The maximum atomic E-state index is 11.9. The number of nitrogens with one attached hydrogen (secondary N) is 2. The zero-order chi connectivity index (χ0) is 17.7. The lowest BCUT2D eigenvalue weighted by Gasteiger charge is -2.28. The monoisotopic (exact) mass is 328 g/mol. The smallest absolute Gasteiger partial charge is 0.408 e. The van der Waals surface area contributed by atoms with Gasteiger partial charge in [-0.05, 0) is 41.5 Å². The normalized spacial score (nSPS) is 22.0. The van der Waals surface area contributed by atoms with Gasteiger partial charge in [-0.2, -0.15) is 0 Å². The number of carbonyl (C=O) groups is 2. The van der Waals surface area contributed by atoms with Crippen LogP contribution in [0.15, 0.2) is 12.2 Å². The van der Waals surface area contributed by atoms with Gasteiger partial charge in [0.25, 0.3) is 0 Å². The van der Waals surface area contributed by atoms with Crippen molar-refractivity contribution < 1.29 is 23.8 Å². The molecule has 1 rings (SSSR count). The Kier molecular flexibility index (Phi) is 6.44. The lowest BCUT2D eigenvalue weighted by atomic mass is 10.1. The first-order valence-corrected chi connectivity index (χ1v) is 7.70. The van der Waals surface area contributed by atoms with Crippen LogP contribution in [0.3, 0.4) is 0 Å². The van der Waals surface area contributed by atoms with Crippen molar-refractivity contribution in [3.8, 4) is 0 Å². The second kappa shape index (κ2) is 7.68. The van der Waals surface area contributed by atoms with Gasteiger partial charge >= 0.3 is 12.2 Å². The lowest BCUT2D eigenvalue weighted by molar-refractivity contribution is 0.0396. The molecule has 1 aliphatic heterocycles. The third kappa shape index (κ3) is 8.44. The van der Waals surface area contributed by atoms with E-state index in [1.54, 1.807) is 53.7 Å². The summed E-state index contributed by atoms with van der Waals surface area (Å²) >= 11 is 0. The van der Waals surface area contributed by atoms with E-state index in [0.717, 1.165) is 0 Å². The fourth-order valence-electron chi connectivity index (χ4n) is 1.89. The summed E-state index contributed by atoms with van der Waals surface area (Å²) in [6, 6.07) is -0.893. The van der Waals surface area contributed by atoms with Crippen LogP contribution in [0, 0.1) is 0 Å². The molecule has 7 heteroatoms. The van der Waals surface area contributed by atoms with Crippen molar-refractivity contribution in [1.82, 2.24) is 10.6 Å². The van der Waals surface area contributed by atoms with Crippen LogP contribution in [0.5, 0.6) is 0 Å². The minimum absolute atomic E-state index is 0.257. The highest BCUT2D eigenvalue weighted by Crippen LogP contribution is 2.11. The molecule has 2 atom stereocenters. The van der Waals surface area contributed by atoms with Gasteiger partial charge in [-0.1, -0.05) is 12.2 Å². The van der Waals surface area contributed by atoms with E-state index in [2.05, 4.69) is 10.6 Å². The molecule has 0 unspecified atom stereocenters. The lowest BCUT2D eigenvalue weighted by Crippen LogP contribution is -2.54. The molecule has 0 aromatic rings. The Morgan fingerprint density at radius 1 is 1.00 bits per heavy atom. The summed E-state index contributed by atoms with van der Waals surface area (Å²) in [4.78, 5) is 23.9. The first-order valence-electron chi connectivity index (χ1n) is 7.70. The molecular weight excluding hydrogens is 300 g/mol. The third-order valence-corrected chi connectivity index (χ3v) is 2.67. The fourth-order valence-corrected chi connectivity index (χ4v) is 1.89. The number of amides is 2. The van der Waals surface area contributed by atoms with Crippen LogP contribution in [-0.4, -0.2) is 48.7 Å². The molecule has 2 N–H and O–H groups in total. The second-order valence-electron chi connectivity index (χ2n) is 7.39. The molecule has 0 aliphatic carbocycles. The Morgan fingerprint density at radius 2 is 1.52 bits per heavy atom. The van der Waals surface area contributed by atoms with Crippen LogP contribution < -0.4 is 10.6 Å². The van der Waals surface area contributed by atoms with Crippen LogP contribution in [0.1, 0.15) is 41.5 Å². The van der Waals surface area contributed by atoms with Crippen LogP contribution in [-0.2, 0) is 14.2 Å². The molecule has 0 aromatic heterocycles. The number of alkyl carbamates (subject to hydrolysis) is 2. The molecule has 0 spiro atoms. The third-order valence-electron chi connectivity index (χ3n) is 2.67. The van der Waals surface area contributed by atoms with Gasteiger partial charge in [0.15, 0.2) is 0 Å². The maximum Gasteiger partial charge on any atom is 0.408 e. The summed E-state index contributed by atoms with van der Waals surface area (Å²) < 4.78 is 15.9. The van der Waals surface area contributed by atoms with Crippen LogP contribution in [0.4, 0.5) is 9.59 Å². The Hall–Kier alpha value is -1.76. The van der Waals surface area contributed by atoms with E-state index >= 15 is 0 Å². The largest absolute Gasteiger partial charge is 0.444 e. The summed E-state index contributed by atoms with van der Waals surface area (Å²) in [6.07, 6.45) is 2.46. The van der Waals surface area contributed by atoms with Gasteiger partial charge in [-0.3, -0.25) is 0 Å². The van der Waals surface area contributed by atoms with Crippen molar-refractivity contribution in [3.05, 3.63) is 12.2 Å². The minimum atomic E-state index is -0.598. The molecule has 0 saturated carbocycles. The molecule has 23 heavy (non-hydrogen) atoms. The molecule has 2 amide bonds. The minimum Gasteiger partial charge on any atom is -0.444 e. The van der Waals surface area contributed by atoms with Crippen molar-refractivity contribution in [1.29, 1.82) is 0 Å². The van der Waals surface area contributed by atoms with Crippen LogP contribution in [0.2, 0.25) is 0 Å². The van der Waals surface area contributed by atoms with Crippen LogP contribution in [0.25, 0.3) is 0 Å². The quantitative estimate of drug-likeness (QED) is 0.760. The van der Waals surface area contributed by atoms with Gasteiger partial charge in [0.05, 0.1) is 25.3 Å². The van der Waals surface area contributed by atoms with Gasteiger partial charge < -0.3 is 24.8 Å². The molecule has 0 radical (unpaired) electrons. The van der Waals surface area contributed by atoms with Crippen molar-refractivity contribution in [2.75, 3.05) is 13.2 Å².